The van der Waals surface area contributed by atoms with Crippen LogP contribution in [0.5, 0.6) is 0 Å². The highest BCUT2D eigenvalue weighted by molar-refractivity contribution is 4.90. The maximum absolute atomic E-state index is 9.99. The van der Waals surface area contributed by atoms with E-state index >= 15 is 0 Å². The van der Waals surface area contributed by atoms with Crippen LogP contribution >= 0.6 is 0 Å². The maximum atomic E-state index is 9.99. The van der Waals surface area contributed by atoms with Crippen LogP contribution in [0.3, 0.4) is 0 Å². The number of hydrogen-bond donors (Lipinski definition) is 1. The summed E-state index contributed by atoms with van der Waals surface area (Å²) in [6.07, 6.45) is 12.1. The summed E-state index contributed by atoms with van der Waals surface area (Å²) in [4.78, 5) is 5.38. The lowest BCUT2D eigenvalue weighted by Crippen LogP contribution is -2.56. The first-order valence-electron chi connectivity index (χ1n) is 8.89. The fourth-order valence-corrected chi connectivity index (χ4v) is 4.68. The molecule has 1 atom stereocenters. The normalized spacial score (nSPS) is 32.5. The van der Waals surface area contributed by atoms with E-state index in [9.17, 15) is 5.11 Å². The predicted molar refractivity (Wildman–Crippen MR) is 82.9 cm³/mol. The van der Waals surface area contributed by atoms with Gasteiger partial charge in [-0.1, -0.05) is 32.1 Å². The summed E-state index contributed by atoms with van der Waals surface area (Å²) in [6, 6.07) is 0.805. The Hall–Kier alpha value is -0.120. The van der Waals surface area contributed by atoms with Crippen molar-refractivity contribution in [1.82, 2.24) is 9.80 Å². The molecule has 2 heterocycles. The van der Waals surface area contributed by atoms with Gasteiger partial charge in [-0.2, -0.15) is 0 Å². The average molecular weight is 280 g/mol. The van der Waals surface area contributed by atoms with E-state index in [4.69, 9.17) is 0 Å². The molecule has 3 fully saturated rings. The quantitative estimate of drug-likeness (QED) is 0.805. The van der Waals surface area contributed by atoms with Crippen LogP contribution < -0.4 is 0 Å². The number of aliphatic hydroxyl groups excluding tert-OH is 1. The molecule has 0 amide bonds. The minimum absolute atomic E-state index is 0.216. The van der Waals surface area contributed by atoms with Gasteiger partial charge in [-0.25, -0.2) is 0 Å². The number of rotatable bonds is 3. The second-order valence-corrected chi connectivity index (χ2v) is 7.49. The van der Waals surface area contributed by atoms with Crippen molar-refractivity contribution in [3.05, 3.63) is 0 Å². The molecule has 3 nitrogen and oxygen atoms in total. The highest BCUT2D eigenvalue weighted by Gasteiger charge is 2.35. The first-order chi connectivity index (χ1) is 9.81. The van der Waals surface area contributed by atoms with Crippen LogP contribution in [0.2, 0.25) is 0 Å². The van der Waals surface area contributed by atoms with Crippen LogP contribution in [0.15, 0.2) is 0 Å². The third-order valence-electron chi connectivity index (χ3n) is 5.98. The van der Waals surface area contributed by atoms with Gasteiger partial charge in [-0.3, -0.25) is 9.80 Å². The number of piperazine rings is 1. The van der Waals surface area contributed by atoms with Crippen molar-refractivity contribution < 1.29 is 5.11 Å². The highest BCUT2D eigenvalue weighted by Crippen LogP contribution is 2.36. The molecule has 0 aromatic rings. The van der Waals surface area contributed by atoms with E-state index in [2.05, 4.69) is 9.80 Å². The molecule has 1 N–H and O–H groups in total. The fourth-order valence-electron chi connectivity index (χ4n) is 4.68. The molecule has 20 heavy (non-hydrogen) atoms. The van der Waals surface area contributed by atoms with Crippen molar-refractivity contribution in [3.63, 3.8) is 0 Å². The summed E-state index contributed by atoms with van der Waals surface area (Å²) < 4.78 is 0. The average Bonchev–Trinajstić information content (AvgIpc) is 2.73. The van der Waals surface area contributed by atoms with Crippen molar-refractivity contribution in [3.8, 4) is 0 Å². The first kappa shape index (κ1) is 14.8. The van der Waals surface area contributed by atoms with Gasteiger partial charge in [0.15, 0.2) is 0 Å². The van der Waals surface area contributed by atoms with Gasteiger partial charge in [0.1, 0.15) is 0 Å². The number of piperidine rings is 1. The standard InChI is InChI=1S/C17H32N2O/c20-15-17(8-4-1-2-5-9-17)14-18-11-12-19-10-6-3-7-16(19)13-18/h16,20H,1-15H2. The Balaban J connectivity index is 1.58. The maximum Gasteiger partial charge on any atom is 0.0499 e. The van der Waals surface area contributed by atoms with Crippen LogP contribution in [0.4, 0.5) is 0 Å². The van der Waals surface area contributed by atoms with Gasteiger partial charge in [0.25, 0.3) is 0 Å². The van der Waals surface area contributed by atoms with Gasteiger partial charge in [0.05, 0.1) is 0 Å². The molecule has 2 saturated heterocycles. The van der Waals surface area contributed by atoms with Crippen molar-refractivity contribution in [1.29, 1.82) is 0 Å². The van der Waals surface area contributed by atoms with E-state index < -0.39 is 0 Å². The van der Waals surface area contributed by atoms with E-state index in [1.807, 2.05) is 0 Å². The predicted octanol–water partition coefficient (Wildman–Crippen LogP) is 2.49. The van der Waals surface area contributed by atoms with E-state index in [-0.39, 0.29) is 5.41 Å². The SMILES string of the molecule is OCC1(CN2CCN3CCCCC3C2)CCCCCC1. The van der Waals surface area contributed by atoms with Gasteiger partial charge >= 0.3 is 0 Å². The second kappa shape index (κ2) is 6.76. The van der Waals surface area contributed by atoms with Gasteiger partial charge in [0, 0.05) is 44.2 Å². The van der Waals surface area contributed by atoms with Crippen LogP contribution in [0, 0.1) is 5.41 Å². The third kappa shape index (κ3) is 3.37. The monoisotopic (exact) mass is 280 g/mol. The summed E-state index contributed by atoms with van der Waals surface area (Å²) in [6.45, 7) is 6.60. The summed E-state index contributed by atoms with van der Waals surface area (Å²) in [7, 11) is 0. The lowest BCUT2D eigenvalue weighted by Gasteiger charge is -2.46. The molecule has 1 aliphatic carbocycles. The summed E-state index contributed by atoms with van der Waals surface area (Å²) in [5, 5.41) is 9.99. The minimum Gasteiger partial charge on any atom is -0.396 e. The Labute approximate surface area is 124 Å². The van der Waals surface area contributed by atoms with Crippen LogP contribution in [-0.4, -0.2) is 60.3 Å². The molecule has 3 heteroatoms. The molecule has 0 aromatic carbocycles. The Bertz CT molecular complexity index is 299. The summed E-state index contributed by atoms with van der Waals surface area (Å²) >= 11 is 0. The molecule has 0 bridgehead atoms. The number of fused-ring (bicyclic) bond motifs is 1. The number of nitrogens with zero attached hydrogens (tertiary/aromatic N) is 2. The van der Waals surface area contributed by atoms with Crippen LogP contribution in [0.1, 0.15) is 57.8 Å². The summed E-state index contributed by atoms with van der Waals surface area (Å²) in [5.74, 6) is 0. The zero-order valence-electron chi connectivity index (χ0n) is 13.0. The Morgan fingerprint density at radius 2 is 1.70 bits per heavy atom. The fraction of sp³-hybridized carbons (Fsp3) is 1.00. The molecule has 3 aliphatic rings. The molecular formula is C17H32N2O. The van der Waals surface area contributed by atoms with E-state index in [0.717, 1.165) is 12.6 Å². The smallest absolute Gasteiger partial charge is 0.0499 e. The molecule has 116 valence electrons. The Kier molecular flexibility index (Phi) is 5.00. The molecule has 2 aliphatic heterocycles. The van der Waals surface area contributed by atoms with Gasteiger partial charge < -0.3 is 5.11 Å². The molecule has 0 spiro atoms. The topological polar surface area (TPSA) is 26.7 Å². The van der Waals surface area contributed by atoms with E-state index in [1.165, 1.54) is 84.0 Å². The van der Waals surface area contributed by atoms with Crippen molar-refractivity contribution in [2.45, 2.75) is 63.8 Å². The van der Waals surface area contributed by atoms with E-state index in [1.54, 1.807) is 0 Å². The van der Waals surface area contributed by atoms with Crippen molar-refractivity contribution in [2.24, 2.45) is 5.41 Å². The Morgan fingerprint density at radius 3 is 2.45 bits per heavy atom. The summed E-state index contributed by atoms with van der Waals surface area (Å²) in [5.41, 5.74) is 0.216. The lowest BCUT2D eigenvalue weighted by molar-refractivity contribution is 0.00333. The van der Waals surface area contributed by atoms with Crippen LogP contribution in [-0.2, 0) is 0 Å². The zero-order valence-corrected chi connectivity index (χ0v) is 13.0. The Morgan fingerprint density at radius 1 is 0.900 bits per heavy atom. The molecule has 0 radical (unpaired) electrons. The lowest BCUT2D eigenvalue weighted by atomic mass is 9.80. The van der Waals surface area contributed by atoms with Gasteiger partial charge in [-0.05, 0) is 32.2 Å². The molecule has 1 unspecified atom stereocenters. The van der Waals surface area contributed by atoms with Gasteiger partial charge in [0.2, 0.25) is 0 Å². The van der Waals surface area contributed by atoms with E-state index in [0.29, 0.717) is 6.61 Å². The molecule has 3 rings (SSSR count). The number of aliphatic hydroxyl groups is 1. The highest BCUT2D eigenvalue weighted by atomic mass is 16.3. The van der Waals surface area contributed by atoms with Gasteiger partial charge in [-0.15, -0.1) is 0 Å². The second-order valence-electron chi connectivity index (χ2n) is 7.49. The van der Waals surface area contributed by atoms with Crippen LogP contribution in [0.25, 0.3) is 0 Å². The third-order valence-corrected chi connectivity index (χ3v) is 5.98. The molecule has 0 aromatic heterocycles. The molecule has 1 saturated carbocycles. The minimum atomic E-state index is 0.216. The van der Waals surface area contributed by atoms with Crippen molar-refractivity contribution >= 4 is 0 Å². The number of hydrogen-bond acceptors (Lipinski definition) is 3. The zero-order chi connectivity index (χ0) is 13.8. The largest absolute Gasteiger partial charge is 0.396 e. The van der Waals surface area contributed by atoms with Crippen molar-refractivity contribution in [2.75, 3.05) is 39.3 Å². The molecular weight excluding hydrogens is 248 g/mol. The first-order valence-corrected chi connectivity index (χ1v) is 8.89.